The fourth-order valence-electron chi connectivity index (χ4n) is 2.25. The van der Waals surface area contributed by atoms with Gasteiger partial charge >= 0.3 is 6.03 Å². The summed E-state index contributed by atoms with van der Waals surface area (Å²) in [4.78, 5) is 26.4. The summed E-state index contributed by atoms with van der Waals surface area (Å²) in [5.74, 6) is -1.51. The SMILES string of the molecule is CC(=O)N1CCN(C(=O)NCCOc2ccc(F)cc2F)CC1. The molecule has 1 aliphatic heterocycles. The average Bonchev–Trinajstić information content (AvgIpc) is 2.53. The monoisotopic (exact) mass is 327 g/mol. The summed E-state index contributed by atoms with van der Waals surface area (Å²) < 4.78 is 31.2. The van der Waals surface area contributed by atoms with Gasteiger partial charge < -0.3 is 19.9 Å². The summed E-state index contributed by atoms with van der Waals surface area (Å²) in [6.45, 7) is 3.74. The molecule has 23 heavy (non-hydrogen) atoms. The number of rotatable bonds is 4. The molecule has 1 saturated heterocycles. The van der Waals surface area contributed by atoms with Gasteiger partial charge in [0.2, 0.25) is 5.91 Å². The molecule has 3 amide bonds. The Kier molecular flexibility index (Phi) is 5.72. The summed E-state index contributed by atoms with van der Waals surface area (Å²) in [5, 5.41) is 2.66. The Morgan fingerprint density at radius 1 is 1.17 bits per heavy atom. The quantitative estimate of drug-likeness (QED) is 0.846. The lowest BCUT2D eigenvalue weighted by atomic mass is 10.3. The van der Waals surface area contributed by atoms with Crippen LogP contribution in [0.5, 0.6) is 5.75 Å². The maximum atomic E-state index is 13.3. The van der Waals surface area contributed by atoms with Crippen LogP contribution in [0.15, 0.2) is 18.2 Å². The molecule has 8 heteroatoms. The third kappa shape index (κ3) is 4.80. The van der Waals surface area contributed by atoms with Gasteiger partial charge in [0.15, 0.2) is 11.6 Å². The molecule has 0 unspecified atom stereocenters. The van der Waals surface area contributed by atoms with Gasteiger partial charge in [-0.1, -0.05) is 0 Å². The van der Waals surface area contributed by atoms with Gasteiger partial charge in [-0.2, -0.15) is 0 Å². The molecular formula is C15H19F2N3O3. The second-order valence-electron chi connectivity index (χ2n) is 5.15. The molecule has 1 aromatic carbocycles. The number of benzene rings is 1. The van der Waals surface area contributed by atoms with Crippen LogP contribution in [-0.4, -0.2) is 61.1 Å². The lowest BCUT2D eigenvalue weighted by Gasteiger charge is -2.34. The highest BCUT2D eigenvalue weighted by molar-refractivity contribution is 5.76. The zero-order valence-electron chi connectivity index (χ0n) is 12.8. The van der Waals surface area contributed by atoms with Crippen molar-refractivity contribution in [1.29, 1.82) is 0 Å². The second kappa shape index (κ2) is 7.75. The van der Waals surface area contributed by atoms with E-state index >= 15 is 0 Å². The fourth-order valence-corrected chi connectivity index (χ4v) is 2.25. The number of carbonyl (C=O) groups excluding carboxylic acids is 2. The number of nitrogens with zero attached hydrogens (tertiary/aromatic N) is 2. The van der Waals surface area contributed by atoms with E-state index < -0.39 is 11.6 Å². The van der Waals surface area contributed by atoms with Crippen molar-refractivity contribution in [1.82, 2.24) is 15.1 Å². The molecular weight excluding hydrogens is 308 g/mol. The molecule has 0 spiro atoms. The number of piperazine rings is 1. The van der Waals surface area contributed by atoms with E-state index in [2.05, 4.69) is 5.32 Å². The third-order valence-electron chi connectivity index (χ3n) is 3.54. The molecule has 2 rings (SSSR count). The highest BCUT2D eigenvalue weighted by Crippen LogP contribution is 2.17. The van der Waals surface area contributed by atoms with Gasteiger partial charge in [0, 0.05) is 39.2 Å². The van der Waals surface area contributed by atoms with E-state index in [0.29, 0.717) is 26.2 Å². The van der Waals surface area contributed by atoms with Crippen LogP contribution < -0.4 is 10.1 Å². The predicted octanol–water partition coefficient (Wildman–Crippen LogP) is 1.22. The van der Waals surface area contributed by atoms with Crippen LogP contribution in [0, 0.1) is 11.6 Å². The third-order valence-corrected chi connectivity index (χ3v) is 3.54. The molecule has 1 aromatic rings. The topological polar surface area (TPSA) is 61.9 Å². The Morgan fingerprint density at radius 3 is 2.43 bits per heavy atom. The van der Waals surface area contributed by atoms with E-state index in [1.807, 2.05) is 0 Å². The normalized spacial score (nSPS) is 14.6. The molecule has 1 fully saturated rings. The highest BCUT2D eigenvalue weighted by Gasteiger charge is 2.21. The van der Waals surface area contributed by atoms with Crippen molar-refractivity contribution in [3.63, 3.8) is 0 Å². The van der Waals surface area contributed by atoms with Crippen molar-refractivity contribution >= 4 is 11.9 Å². The smallest absolute Gasteiger partial charge is 0.317 e. The van der Waals surface area contributed by atoms with E-state index in [1.165, 1.54) is 13.0 Å². The van der Waals surface area contributed by atoms with E-state index in [-0.39, 0.29) is 30.8 Å². The van der Waals surface area contributed by atoms with E-state index in [4.69, 9.17) is 4.74 Å². The Bertz CT molecular complexity index is 575. The van der Waals surface area contributed by atoms with Crippen LogP contribution in [0.25, 0.3) is 0 Å². The molecule has 0 radical (unpaired) electrons. The molecule has 0 saturated carbocycles. The Labute approximate surface area is 133 Å². The van der Waals surface area contributed by atoms with Crippen LogP contribution in [0.4, 0.5) is 13.6 Å². The zero-order chi connectivity index (χ0) is 16.8. The van der Waals surface area contributed by atoms with Crippen molar-refractivity contribution in [2.45, 2.75) is 6.92 Å². The van der Waals surface area contributed by atoms with Crippen LogP contribution in [0.1, 0.15) is 6.92 Å². The minimum atomic E-state index is -0.781. The van der Waals surface area contributed by atoms with E-state index in [0.717, 1.165) is 12.1 Å². The van der Waals surface area contributed by atoms with E-state index in [9.17, 15) is 18.4 Å². The summed E-state index contributed by atoms with van der Waals surface area (Å²) in [6.07, 6.45) is 0. The number of nitrogens with one attached hydrogen (secondary N) is 1. The Balaban J connectivity index is 1.68. The summed E-state index contributed by atoms with van der Waals surface area (Å²) in [6, 6.07) is 2.79. The molecule has 1 heterocycles. The minimum absolute atomic E-state index is 0.000201. The number of halogens is 2. The molecule has 6 nitrogen and oxygen atoms in total. The van der Waals surface area contributed by atoms with Crippen LogP contribution in [-0.2, 0) is 4.79 Å². The first-order valence-corrected chi connectivity index (χ1v) is 7.33. The Morgan fingerprint density at radius 2 is 1.83 bits per heavy atom. The molecule has 1 N–H and O–H groups in total. The first-order chi connectivity index (χ1) is 11.0. The first-order valence-electron chi connectivity index (χ1n) is 7.33. The number of carbonyl (C=O) groups is 2. The predicted molar refractivity (Wildman–Crippen MR) is 79.1 cm³/mol. The van der Waals surface area contributed by atoms with Crippen molar-refractivity contribution < 1.29 is 23.1 Å². The molecule has 0 aromatic heterocycles. The number of amides is 3. The second-order valence-corrected chi connectivity index (χ2v) is 5.15. The van der Waals surface area contributed by atoms with Gasteiger partial charge in [-0.05, 0) is 12.1 Å². The summed E-state index contributed by atoms with van der Waals surface area (Å²) in [5.41, 5.74) is 0. The van der Waals surface area contributed by atoms with Crippen molar-refractivity contribution in [3.05, 3.63) is 29.8 Å². The van der Waals surface area contributed by atoms with Crippen molar-refractivity contribution in [2.24, 2.45) is 0 Å². The van der Waals surface area contributed by atoms with Crippen molar-refractivity contribution in [2.75, 3.05) is 39.3 Å². The van der Waals surface area contributed by atoms with E-state index in [1.54, 1.807) is 9.80 Å². The maximum Gasteiger partial charge on any atom is 0.317 e. The average molecular weight is 327 g/mol. The van der Waals surface area contributed by atoms with Crippen LogP contribution in [0.3, 0.4) is 0 Å². The number of hydrogen-bond acceptors (Lipinski definition) is 3. The Hall–Kier alpha value is -2.38. The maximum absolute atomic E-state index is 13.3. The standard InChI is InChI=1S/C15H19F2N3O3/c1-11(21)19-5-7-20(8-6-19)15(22)18-4-9-23-14-3-2-12(16)10-13(14)17/h2-3,10H,4-9H2,1H3,(H,18,22). The lowest BCUT2D eigenvalue weighted by Crippen LogP contribution is -2.53. The van der Waals surface area contributed by atoms with Crippen molar-refractivity contribution in [3.8, 4) is 5.75 Å². The van der Waals surface area contributed by atoms with Gasteiger partial charge in [0.05, 0.1) is 6.54 Å². The molecule has 0 aliphatic carbocycles. The number of ether oxygens (including phenoxy) is 1. The van der Waals surface area contributed by atoms with Crippen LogP contribution >= 0.6 is 0 Å². The zero-order valence-corrected chi connectivity index (χ0v) is 12.8. The fraction of sp³-hybridized carbons (Fsp3) is 0.467. The number of hydrogen-bond donors (Lipinski definition) is 1. The first kappa shape index (κ1) is 17.0. The van der Waals surface area contributed by atoms with Gasteiger partial charge in [0.1, 0.15) is 12.4 Å². The highest BCUT2D eigenvalue weighted by atomic mass is 19.1. The van der Waals surface area contributed by atoms with Gasteiger partial charge in [-0.25, -0.2) is 13.6 Å². The van der Waals surface area contributed by atoms with Gasteiger partial charge in [-0.3, -0.25) is 4.79 Å². The molecule has 126 valence electrons. The van der Waals surface area contributed by atoms with Gasteiger partial charge in [0.25, 0.3) is 0 Å². The van der Waals surface area contributed by atoms with Gasteiger partial charge in [-0.15, -0.1) is 0 Å². The molecule has 0 atom stereocenters. The lowest BCUT2D eigenvalue weighted by molar-refractivity contribution is -0.130. The molecule has 1 aliphatic rings. The van der Waals surface area contributed by atoms with Crippen LogP contribution in [0.2, 0.25) is 0 Å². The minimum Gasteiger partial charge on any atom is -0.489 e. The largest absolute Gasteiger partial charge is 0.489 e. The summed E-state index contributed by atoms with van der Waals surface area (Å²) >= 11 is 0. The summed E-state index contributed by atoms with van der Waals surface area (Å²) in [7, 11) is 0. The number of urea groups is 1. The molecule has 0 bridgehead atoms.